The van der Waals surface area contributed by atoms with Crippen LogP contribution in [0.5, 0.6) is 0 Å². The van der Waals surface area contributed by atoms with Gasteiger partial charge in [-0.05, 0) is 154 Å². The first-order valence-corrected chi connectivity index (χ1v) is 36.2. The standard InChI is InChI=1S/C78H95F7N8O8S.3ClH/c1-74(2,3)52-92(38-16-8-11-24-69(94)88(5)44-45-90-39-31-62(32-40-90)101-73(98)86-66-23-15-13-21-64(66)55-18-9-7-10-19-55)50-63-29-30-67(102-63)72(97)89(6)37-17-36-87(4)70(95)51-99-68-48-56-20-12-14-22-65(56)75(68)33-41-91(42-34-75)43-35-76(58-25-27-61(79)28-26-58)53-93(54-100-76)71(96)57-46-59(77(80,81)82)49-60(47-57)78(83,84)85;;;/h7,9-10,12-15,18-23,25-30,46-47,49,62,68H,8,11,16-17,24,31-45,48,50-54H2,1-6H3,(H,86,98);3*1H/t68-,76+;;;/m0.../s1. The maximum absolute atomic E-state index is 14.3. The molecule has 4 heterocycles. The van der Waals surface area contributed by atoms with Gasteiger partial charge in [-0.2, -0.15) is 26.3 Å². The van der Waals surface area contributed by atoms with Gasteiger partial charge in [0, 0.05) is 108 Å². The van der Waals surface area contributed by atoms with E-state index in [2.05, 4.69) is 52.9 Å². The Balaban J connectivity index is 0.00000513. The number of piperidine rings is 2. The molecule has 0 saturated carbocycles. The van der Waals surface area contributed by atoms with Gasteiger partial charge in [0.05, 0.1) is 34.3 Å². The number of halogens is 10. The van der Waals surface area contributed by atoms with Crippen molar-refractivity contribution in [2.24, 2.45) is 5.41 Å². The van der Waals surface area contributed by atoms with E-state index in [1.807, 2.05) is 90.8 Å². The van der Waals surface area contributed by atoms with Gasteiger partial charge in [-0.25, -0.2) is 9.18 Å². The fraction of sp³-hybridized carbons (Fsp3) is 0.500. The second-order valence-electron chi connectivity index (χ2n) is 29.0. The minimum Gasteiger partial charge on any atom is -0.446 e. The number of hydrogen-bond donors (Lipinski definition) is 1. The average molecular weight is 1550 g/mol. The van der Waals surface area contributed by atoms with Crippen LogP contribution in [-0.4, -0.2) is 189 Å². The summed E-state index contributed by atoms with van der Waals surface area (Å²) in [6.07, 6.45) is -3.87. The van der Waals surface area contributed by atoms with Crippen molar-refractivity contribution in [1.82, 2.24) is 34.3 Å². The van der Waals surface area contributed by atoms with Crippen LogP contribution < -0.4 is 5.32 Å². The first-order valence-electron chi connectivity index (χ1n) is 35.3. The quantitative estimate of drug-likeness (QED) is 0.0370. The van der Waals surface area contributed by atoms with Gasteiger partial charge in [-0.15, -0.1) is 48.6 Å². The number of para-hydroxylation sites is 1. The molecule has 16 nitrogen and oxygen atoms in total. The maximum atomic E-state index is 14.3. The summed E-state index contributed by atoms with van der Waals surface area (Å²) >= 11 is 1.50. The molecule has 5 aromatic carbocycles. The molecular formula is C78H98Cl3F7N8O8S. The Morgan fingerprint density at radius 1 is 0.667 bits per heavy atom. The Kier molecular flexibility index (Phi) is 30.7. The van der Waals surface area contributed by atoms with Crippen LogP contribution >= 0.6 is 48.6 Å². The Morgan fingerprint density at radius 2 is 1.30 bits per heavy atom. The van der Waals surface area contributed by atoms with Crippen LogP contribution in [0.3, 0.4) is 0 Å². The number of unbranched alkanes of at least 4 members (excludes halogenated alkanes) is 2. The average Bonchev–Trinajstić information content (AvgIpc) is 1.62. The Morgan fingerprint density at radius 3 is 1.97 bits per heavy atom. The zero-order valence-corrected chi connectivity index (χ0v) is 63.7. The number of fused-ring (bicyclic) bond motifs is 2. The maximum Gasteiger partial charge on any atom is 0.416 e. The molecule has 4 aliphatic rings. The summed E-state index contributed by atoms with van der Waals surface area (Å²) < 4.78 is 116. The molecule has 1 N–H and O–H groups in total. The van der Waals surface area contributed by atoms with E-state index in [9.17, 15) is 54.7 Å². The predicted molar refractivity (Wildman–Crippen MR) is 401 cm³/mol. The van der Waals surface area contributed by atoms with Gasteiger partial charge in [0.2, 0.25) is 11.8 Å². The van der Waals surface area contributed by atoms with Gasteiger partial charge in [-0.3, -0.25) is 29.4 Å². The number of nitrogens with one attached hydrogen (secondary N) is 1. The third kappa shape index (κ3) is 22.9. The minimum absolute atomic E-state index is 0. The number of alkyl halides is 6. The number of carbonyl (C=O) groups excluding carboxylic acids is 5. The first-order chi connectivity index (χ1) is 48.5. The number of carbonyl (C=O) groups is 5. The number of ether oxygens (including phenoxy) is 3. The molecule has 10 rings (SSSR count). The summed E-state index contributed by atoms with van der Waals surface area (Å²) in [6.45, 7) is 13.7. The zero-order valence-electron chi connectivity index (χ0n) is 60.4. The molecule has 6 aromatic rings. The second-order valence-corrected chi connectivity index (χ2v) is 30.2. The summed E-state index contributed by atoms with van der Waals surface area (Å²) in [6, 6.07) is 36.0. The highest BCUT2D eigenvalue weighted by molar-refractivity contribution is 7.14. The summed E-state index contributed by atoms with van der Waals surface area (Å²) in [5, 5.41) is 2.94. The summed E-state index contributed by atoms with van der Waals surface area (Å²) in [7, 11) is 5.38. The highest BCUT2D eigenvalue weighted by Crippen LogP contribution is 2.49. The Bertz CT molecular complexity index is 3800. The smallest absolute Gasteiger partial charge is 0.416 e. The van der Waals surface area contributed by atoms with Crippen molar-refractivity contribution in [2.75, 3.05) is 118 Å². The molecule has 3 aliphatic heterocycles. The van der Waals surface area contributed by atoms with E-state index < -0.39 is 64.6 Å². The molecule has 2 atom stereocenters. The lowest BCUT2D eigenvalue weighted by Crippen LogP contribution is -2.50. The fourth-order valence-electron chi connectivity index (χ4n) is 14.6. The molecule has 1 spiro atoms. The third-order valence-corrected chi connectivity index (χ3v) is 21.4. The van der Waals surface area contributed by atoms with E-state index in [1.165, 1.54) is 41.2 Å². The molecule has 105 heavy (non-hydrogen) atoms. The Hall–Kier alpha value is -6.87. The topological polar surface area (TPSA) is 148 Å². The lowest BCUT2D eigenvalue weighted by Gasteiger charge is -2.44. The Labute approximate surface area is 634 Å². The van der Waals surface area contributed by atoms with Crippen molar-refractivity contribution >= 4 is 84.0 Å². The molecule has 1 aromatic heterocycles. The van der Waals surface area contributed by atoms with E-state index in [4.69, 9.17) is 14.2 Å². The van der Waals surface area contributed by atoms with Crippen LogP contribution in [0.4, 0.5) is 41.2 Å². The van der Waals surface area contributed by atoms with Crippen LogP contribution in [0.15, 0.2) is 133 Å². The monoisotopic (exact) mass is 1540 g/mol. The molecule has 5 amide bonds. The van der Waals surface area contributed by atoms with Crippen LogP contribution in [0, 0.1) is 11.2 Å². The van der Waals surface area contributed by atoms with Crippen molar-refractivity contribution in [2.45, 2.75) is 134 Å². The van der Waals surface area contributed by atoms with Crippen LogP contribution in [0.25, 0.3) is 11.1 Å². The highest BCUT2D eigenvalue weighted by Gasteiger charge is 2.50. The number of amides is 5. The van der Waals surface area contributed by atoms with Gasteiger partial charge < -0.3 is 43.6 Å². The zero-order chi connectivity index (χ0) is 73.0. The van der Waals surface area contributed by atoms with E-state index in [-0.39, 0.29) is 98.2 Å². The fourth-order valence-corrected chi connectivity index (χ4v) is 15.7. The van der Waals surface area contributed by atoms with Crippen molar-refractivity contribution < 1.29 is 68.9 Å². The molecule has 3 fully saturated rings. The van der Waals surface area contributed by atoms with Crippen LogP contribution in [0.1, 0.15) is 138 Å². The molecule has 1 aliphatic carbocycles. The molecule has 574 valence electrons. The van der Waals surface area contributed by atoms with Gasteiger partial charge in [0.1, 0.15) is 30.9 Å². The van der Waals surface area contributed by atoms with Gasteiger partial charge in [-0.1, -0.05) is 112 Å². The number of rotatable bonds is 28. The van der Waals surface area contributed by atoms with Crippen LogP contribution in [-0.2, 0) is 60.1 Å². The second kappa shape index (κ2) is 37.8. The number of anilines is 1. The molecular weight excluding hydrogens is 1450 g/mol. The van der Waals surface area contributed by atoms with Crippen molar-refractivity contribution in [1.29, 1.82) is 0 Å². The summed E-state index contributed by atoms with van der Waals surface area (Å²) in [4.78, 5) is 82.5. The largest absolute Gasteiger partial charge is 0.446 e. The molecule has 0 bridgehead atoms. The van der Waals surface area contributed by atoms with Crippen molar-refractivity contribution in [3.63, 3.8) is 0 Å². The highest BCUT2D eigenvalue weighted by atomic mass is 35.5. The van der Waals surface area contributed by atoms with E-state index in [0.717, 1.165) is 91.3 Å². The minimum atomic E-state index is -5.15. The normalized spacial score (nSPS) is 17.7. The number of thiophene rings is 1. The molecule has 3 saturated heterocycles. The third-order valence-electron chi connectivity index (χ3n) is 20.3. The van der Waals surface area contributed by atoms with Crippen molar-refractivity contribution in [3.05, 3.63) is 182 Å². The number of likely N-dealkylation sites (tertiary alicyclic amines) is 2. The SMILES string of the molecule is CN(CCN1CCC(OC(=O)Nc2ccccc2-c2ccccc2)CC1)C(=O)CCCCCN(Cc1ccc(C(=O)N(C)CCCN(C)C(=O)CO[C@H]2Cc3ccccc3C23CCN(CC[C@]2(c4ccc(F)cc4)CN(C(=O)c4cc(C(F)(F)F)cc(C(F)(F)F)c4)CO2)CC3)s1)CC(C)(C)C.Cl.Cl.Cl. The number of likely N-dealkylation sites (N-methyl/N-ethyl adjacent to an activating group) is 2. The number of hydrogen-bond acceptors (Lipinski definition) is 12. The number of nitrogens with zero attached hydrogens (tertiary/aromatic N) is 7. The summed E-state index contributed by atoms with van der Waals surface area (Å²) in [5.41, 5.74) is -0.185. The van der Waals surface area contributed by atoms with Crippen molar-refractivity contribution in [3.8, 4) is 11.1 Å². The lowest BCUT2D eigenvalue weighted by molar-refractivity contribution is -0.143. The number of benzene rings is 5. The summed E-state index contributed by atoms with van der Waals surface area (Å²) in [5.74, 6) is -1.74. The lowest BCUT2D eigenvalue weighted by atomic mass is 9.72. The van der Waals surface area contributed by atoms with E-state index in [1.54, 1.807) is 23.9 Å². The molecule has 27 heteroatoms. The molecule has 0 unspecified atom stereocenters. The van der Waals surface area contributed by atoms with Gasteiger partial charge in [0.15, 0.2) is 0 Å². The van der Waals surface area contributed by atoms with Gasteiger partial charge >= 0.3 is 18.4 Å². The first kappa shape index (κ1) is 85.4. The predicted octanol–water partition coefficient (Wildman–Crippen LogP) is 15.7. The molecule has 0 radical (unpaired) electrons. The van der Waals surface area contributed by atoms with E-state index >= 15 is 0 Å². The van der Waals surface area contributed by atoms with Gasteiger partial charge in [0.25, 0.3) is 11.8 Å². The van der Waals surface area contributed by atoms with Crippen LogP contribution in [0.2, 0.25) is 0 Å². The van der Waals surface area contributed by atoms with E-state index in [0.29, 0.717) is 106 Å².